The second-order valence-electron chi connectivity index (χ2n) is 6.44. The number of aryl methyl sites for hydroxylation is 4. The zero-order chi connectivity index (χ0) is 17.1. The van der Waals surface area contributed by atoms with Gasteiger partial charge in [-0.3, -0.25) is 9.59 Å². The van der Waals surface area contributed by atoms with Crippen LogP contribution in [-0.4, -0.2) is 18.4 Å². The van der Waals surface area contributed by atoms with Crippen LogP contribution in [0.15, 0.2) is 36.4 Å². The van der Waals surface area contributed by atoms with Gasteiger partial charge in [0.15, 0.2) is 0 Å². The highest BCUT2D eigenvalue weighted by molar-refractivity contribution is 5.99. The van der Waals surface area contributed by atoms with Crippen molar-refractivity contribution in [3.8, 4) is 0 Å². The number of nitrogens with one attached hydrogen (secondary N) is 2. The molecule has 2 aromatic rings. The van der Waals surface area contributed by atoms with Crippen LogP contribution < -0.4 is 10.6 Å². The maximum atomic E-state index is 12.2. The Morgan fingerprint density at radius 1 is 0.958 bits per heavy atom. The molecule has 0 saturated carbocycles. The molecule has 1 aliphatic rings. The van der Waals surface area contributed by atoms with Crippen LogP contribution in [0.2, 0.25) is 0 Å². The second kappa shape index (κ2) is 6.87. The van der Waals surface area contributed by atoms with E-state index in [2.05, 4.69) is 16.7 Å². The number of rotatable bonds is 4. The molecule has 3 rings (SSSR count). The average Bonchev–Trinajstić information content (AvgIpc) is 2.99. The number of carbonyl (C=O) groups excluding carboxylic acids is 2. The van der Waals surface area contributed by atoms with Gasteiger partial charge >= 0.3 is 0 Å². The van der Waals surface area contributed by atoms with Gasteiger partial charge in [-0.15, -0.1) is 0 Å². The van der Waals surface area contributed by atoms with Crippen LogP contribution in [0.5, 0.6) is 0 Å². The van der Waals surface area contributed by atoms with E-state index in [1.54, 1.807) is 0 Å². The van der Waals surface area contributed by atoms with Gasteiger partial charge < -0.3 is 10.6 Å². The fraction of sp³-hybridized carbons (Fsp3) is 0.300. The predicted molar refractivity (Wildman–Crippen MR) is 95.3 cm³/mol. The maximum Gasteiger partial charge on any atom is 0.251 e. The molecule has 1 aliphatic carbocycles. The summed E-state index contributed by atoms with van der Waals surface area (Å²) in [7, 11) is 0. The third-order valence-electron chi connectivity index (χ3n) is 4.28. The Hall–Kier alpha value is -2.62. The van der Waals surface area contributed by atoms with E-state index in [4.69, 9.17) is 0 Å². The molecule has 0 unspecified atom stereocenters. The summed E-state index contributed by atoms with van der Waals surface area (Å²) in [5, 5.41) is 5.52. The minimum absolute atomic E-state index is 0.0388. The first-order valence-electron chi connectivity index (χ1n) is 8.29. The number of carbonyl (C=O) groups is 2. The molecule has 0 aliphatic heterocycles. The molecule has 4 nitrogen and oxygen atoms in total. The van der Waals surface area contributed by atoms with Crippen molar-refractivity contribution in [3.63, 3.8) is 0 Å². The molecule has 0 aromatic heterocycles. The van der Waals surface area contributed by atoms with Crippen LogP contribution >= 0.6 is 0 Å². The molecule has 4 heteroatoms. The van der Waals surface area contributed by atoms with Gasteiger partial charge in [-0.05, 0) is 68.5 Å². The van der Waals surface area contributed by atoms with E-state index in [9.17, 15) is 9.59 Å². The van der Waals surface area contributed by atoms with E-state index < -0.39 is 0 Å². The van der Waals surface area contributed by atoms with E-state index in [-0.39, 0.29) is 18.4 Å². The molecule has 24 heavy (non-hydrogen) atoms. The Balaban J connectivity index is 1.56. The SMILES string of the molecule is Cc1cc(C)cc(C(=O)NCC(=O)Nc2ccc3c(c2)CCC3)c1. The molecule has 2 N–H and O–H groups in total. The van der Waals surface area contributed by atoms with Gasteiger partial charge in [0.2, 0.25) is 5.91 Å². The molecule has 0 fully saturated rings. The molecule has 0 spiro atoms. The molecule has 2 aromatic carbocycles. The average molecular weight is 322 g/mol. The van der Waals surface area contributed by atoms with Gasteiger partial charge in [-0.1, -0.05) is 23.3 Å². The molecule has 0 bridgehead atoms. The lowest BCUT2D eigenvalue weighted by atomic mass is 10.1. The lowest BCUT2D eigenvalue weighted by molar-refractivity contribution is -0.115. The van der Waals surface area contributed by atoms with E-state index in [1.807, 2.05) is 44.2 Å². The van der Waals surface area contributed by atoms with E-state index in [0.29, 0.717) is 5.56 Å². The highest BCUT2D eigenvalue weighted by Crippen LogP contribution is 2.24. The normalized spacial score (nSPS) is 12.6. The highest BCUT2D eigenvalue weighted by Gasteiger charge is 2.13. The number of hydrogen-bond acceptors (Lipinski definition) is 2. The highest BCUT2D eigenvalue weighted by atomic mass is 16.2. The maximum absolute atomic E-state index is 12.2. The van der Waals surface area contributed by atoms with Gasteiger partial charge in [-0.2, -0.15) is 0 Å². The van der Waals surface area contributed by atoms with E-state index in [0.717, 1.165) is 29.7 Å². The number of hydrogen-bond donors (Lipinski definition) is 2. The smallest absolute Gasteiger partial charge is 0.251 e. The first-order valence-corrected chi connectivity index (χ1v) is 8.29. The summed E-state index contributed by atoms with van der Waals surface area (Å²) in [5.74, 6) is -0.448. The van der Waals surface area contributed by atoms with Crippen LogP contribution in [0.4, 0.5) is 5.69 Å². The predicted octanol–water partition coefficient (Wildman–Crippen LogP) is 3.16. The van der Waals surface area contributed by atoms with Crippen LogP contribution in [0.1, 0.15) is 39.0 Å². The molecule has 2 amide bonds. The van der Waals surface area contributed by atoms with Crippen LogP contribution in [0, 0.1) is 13.8 Å². The molecular weight excluding hydrogens is 300 g/mol. The summed E-state index contributed by atoms with van der Waals surface area (Å²) in [5.41, 5.74) is 6.12. The number of benzene rings is 2. The quantitative estimate of drug-likeness (QED) is 0.908. The van der Waals surface area contributed by atoms with Crippen molar-refractivity contribution in [3.05, 3.63) is 64.2 Å². The molecule has 0 heterocycles. The van der Waals surface area contributed by atoms with Gasteiger partial charge in [0.1, 0.15) is 0 Å². The van der Waals surface area contributed by atoms with Crippen molar-refractivity contribution in [2.45, 2.75) is 33.1 Å². The summed E-state index contributed by atoms with van der Waals surface area (Å²) in [6, 6.07) is 11.7. The minimum Gasteiger partial charge on any atom is -0.343 e. The van der Waals surface area contributed by atoms with Gasteiger partial charge in [0.05, 0.1) is 6.54 Å². The van der Waals surface area contributed by atoms with E-state index >= 15 is 0 Å². The van der Waals surface area contributed by atoms with Crippen molar-refractivity contribution in [1.29, 1.82) is 0 Å². The van der Waals surface area contributed by atoms with Gasteiger partial charge in [0.25, 0.3) is 5.91 Å². The summed E-state index contributed by atoms with van der Waals surface area (Å²) in [6.07, 6.45) is 3.37. The fourth-order valence-corrected chi connectivity index (χ4v) is 3.22. The van der Waals surface area contributed by atoms with Crippen molar-refractivity contribution in [1.82, 2.24) is 5.32 Å². The first-order chi connectivity index (χ1) is 11.5. The van der Waals surface area contributed by atoms with Crippen molar-refractivity contribution in [2.24, 2.45) is 0 Å². The monoisotopic (exact) mass is 322 g/mol. The Labute approximate surface area is 142 Å². The van der Waals surface area contributed by atoms with Crippen LogP contribution in [0.3, 0.4) is 0 Å². The zero-order valence-corrected chi connectivity index (χ0v) is 14.1. The van der Waals surface area contributed by atoms with E-state index in [1.165, 1.54) is 17.5 Å². The molecule has 0 saturated heterocycles. The first kappa shape index (κ1) is 16.2. The van der Waals surface area contributed by atoms with Gasteiger partial charge in [0, 0.05) is 11.3 Å². The standard InChI is InChI=1S/C20H22N2O2/c1-13-8-14(2)10-17(9-13)20(24)21-12-19(23)22-18-7-6-15-4-3-5-16(15)11-18/h6-11H,3-5,12H2,1-2H3,(H,21,24)(H,22,23). The minimum atomic E-state index is -0.231. The summed E-state index contributed by atoms with van der Waals surface area (Å²) in [4.78, 5) is 24.2. The second-order valence-corrected chi connectivity index (χ2v) is 6.44. The third kappa shape index (κ3) is 3.82. The van der Waals surface area contributed by atoms with Gasteiger partial charge in [-0.25, -0.2) is 0 Å². The Bertz CT molecular complexity index is 776. The van der Waals surface area contributed by atoms with Crippen molar-refractivity contribution < 1.29 is 9.59 Å². The summed E-state index contributed by atoms with van der Waals surface area (Å²) >= 11 is 0. The molecule has 124 valence electrons. The fourth-order valence-electron chi connectivity index (χ4n) is 3.22. The van der Waals surface area contributed by atoms with Crippen LogP contribution in [0.25, 0.3) is 0 Å². The zero-order valence-electron chi connectivity index (χ0n) is 14.1. The summed E-state index contributed by atoms with van der Waals surface area (Å²) < 4.78 is 0. The number of amides is 2. The summed E-state index contributed by atoms with van der Waals surface area (Å²) in [6.45, 7) is 3.86. The molecule has 0 radical (unpaired) electrons. The molecular formula is C20H22N2O2. The number of fused-ring (bicyclic) bond motifs is 1. The topological polar surface area (TPSA) is 58.2 Å². The largest absolute Gasteiger partial charge is 0.343 e. The van der Waals surface area contributed by atoms with Crippen molar-refractivity contribution in [2.75, 3.05) is 11.9 Å². The molecule has 0 atom stereocenters. The third-order valence-corrected chi connectivity index (χ3v) is 4.28. The lowest BCUT2D eigenvalue weighted by Crippen LogP contribution is -2.32. The number of anilines is 1. The Kier molecular flexibility index (Phi) is 4.65. The lowest BCUT2D eigenvalue weighted by Gasteiger charge is -2.09. The Morgan fingerprint density at radius 2 is 1.67 bits per heavy atom. The van der Waals surface area contributed by atoms with Crippen LogP contribution in [-0.2, 0) is 17.6 Å². The van der Waals surface area contributed by atoms with Crippen molar-refractivity contribution >= 4 is 17.5 Å². The Morgan fingerprint density at radius 3 is 2.42 bits per heavy atom.